The van der Waals surface area contributed by atoms with Crippen molar-refractivity contribution in [3.05, 3.63) is 24.3 Å². The minimum atomic E-state index is -2.76. The van der Waals surface area contributed by atoms with Crippen LogP contribution in [0.4, 0.5) is 14.5 Å². The van der Waals surface area contributed by atoms with Gasteiger partial charge in [-0.1, -0.05) is 6.92 Å². The largest absolute Gasteiger partial charge is 0.435 e. The summed E-state index contributed by atoms with van der Waals surface area (Å²) in [5.41, 5.74) is 0.924. The van der Waals surface area contributed by atoms with Gasteiger partial charge in [-0.15, -0.1) is 0 Å². The van der Waals surface area contributed by atoms with Gasteiger partial charge in [0, 0.05) is 12.2 Å². The van der Waals surface area contributed by atoms with E-state index in [2.05, 4.69) is 17.0 Å². The number of ether oxygens (including phenoxy) is 1. The summed E-state index contributed by atoms with van der Waals surface area (Å²) in [6.45, 7) is 0.266. The summed E-state index contributed by atoms with van der Waals surface area (Å²) in [6, 6.07) is 6.56. The number of anilines is 1. The van der Waals surface area contributed by atoms with E-state index in [1.165, 1.54) is 12.1 Å². The normalized spacial score (nSPS) is 10.6. The summed E-state index contributed by atoms with van der Waals surface area (Å²) < 4.78 is 28.1. The molecular weight excluding hydrogens is 244 g/mol. The standard InChI is InChI=1S/C12H17F2NOS/c1-2-17-9-3-8-15-10-4-6-11(7-5-10)16-12(13)14/h4-7,12,15H,2-3,8-9H2,1H3. The number of rotatable bonds is 8. The van der Waals surface area contributed by atoms with Crippen LogP contribution in [-0.2, 0) is 0 Å². The molecule has 0 unspecified atom stereocenters. The lowest BCUT2D eigenvalue weighted by atomic mass is 10.3. The topological polar surface area (TPSA) is 21.3 Å². The van der Waals surface area contributed by atoms with E-state index in [-0.39, 0.29) is 5.75 Å². The molecule has 0 aromatic heterocycles. The fraction of sp³-hybridized carbons (Fsp3) is 0.500. The molecule has 1 N–H and O–H groups in total. The minimum Gasteiger partial charge on any atom is -0.435 e. The van der Waals surface area contributed by atoms with Crippen LogP contribution in [0, 0.1) is 0 Å². The van der Waals surface area contributed by atoms with E-state index in [1.807, 2.05) is 11.8 Å². The number of hydrogen-bond donors (Lipinski definition) is 1. The van der Waals surface area contributed by atoms with Crippen molar-refractivity contribution in [1.29, 1.82) is 0 Å². The van der Waals surface area contributed by atoms with Crippen molar-refractivity contribution in [1.82, 2.24) is 0 Å². The Balaban J connectivity index is 2.25. The highest BCUT2D eigenvalue weighted by Gasteiger charge is 2.03. The van der Waals surface area contributed by atoms with E-state index in [1.54, 1.807) is 12.1 Å². The van der Waals surface area contributed by atoms with Gasteiger partial charge in [0.1, 0.15) is 5.75 Å². The monoisotopic (exact) mass is 261 g/mol. The Morgan fingerprint density at radius 2 is 2.00 bits per heavy atom. The average molecular weight is 261 g/mol. The summed E-state index contributed by atoms with van der Waals surface area (Å²) in [5.74, 6) is 2.46. The second-order valence-corrected chi connectivity index (χ2v) is 4.77. The minimum absolute atomic E-state index is 0.187. The summed E-state index contributed by atoms with van der Waals surface area (Å²) in [4.78, 5) is 0. The Bertz CT molecular complexity index is 306. The van der Waals surface area contributed by atoms with E-state index >= 15 is 0 Å². The average Bonchev–Trinajstić information content (AvgIpc) is 2.30. The second-order valence-electron chi connectivity index (χ2n) is 3.38. The van der Waals surface area contributed by atoms with Gasteiger partial charge >= 0.3 is 6.61 Å². The van der Waals surface area contributed by atoms with Gasteiger partial charge in [-0.3, -0.25) is 0 Å². The maximum Gasteiger partial charge on any atom is 0.387 e. The van der Waals surface area contributed by atoms with E-state index in [4.69, 9.17) is 0 Å². The zero-order valence-corrected chi connectivity index (χ0v) is 10.6. The molecule has 5 heteroatoms. The number of halogens is 2. The number of thioether (sulfide) groups is 1. The molecule has 0 saturated heterocycles. The fourth-order valence-corrected chi connectivity index (χ4v) is 1.94. The molecule has 0 aliphatic rings. The highest BCUT2D eigenvalue weighted by Crippen LogP contribution is 2.17. The molecule has 0 aliphatic heterocycles. The third kappa shape index (κ3) is 6.36. The first-order chi connectivity index (χ1) is 8.22. The molecule has 2 nitrogen and oxygen atoms in total. The van der Waals surface area contributed by atoms with E-state index in [9.17, 15) is 8.78 Å². The highest BCUT2D eigenvalue weighted by molar-refractivity contribution is 7.99. The molecule has 1 aromatic rings. The number of alkyl halides is 2. The first-order valence-electron chi connectivity index (χ1n) is 5.59. The van der Waals surface area contributed by atoms with Crippen molar-refractivity contribution < 1.29 is 13.5 Å². The number of benzene rings is 1. The number of hydrogen-bond acceptors (Lipinski definition) is 3. The predicted molar refractivity (Wildman–Crippen MR) is 69.2 cm³/mol. The van der Waals surface area contributed by atoms with Gasteiger partial charge in [-0.25, -0.2) is 0 Å². The summed E-state index contributed by atoms with van der Waals surface area (Å²) in [5, 5.41) is 3.23. The Kier molecular flexibility index (Phi) is 6.77. The summed E-state index contributed by atoms with van der Waals surface area (Å²) in [6.07, 6.45) is 1.09. The smallest absolute Gasteiger partial charge is 0.387 e. The molecule has 1 aromatic carbocycles. The van der Waals surface area contributed by atoms with Crippen molar-refractivity contribution in [2.24, 2.45) is 0 Å². The quantitative estimate of drug-likeness (QED) is 0.718. The molecule has 0 saturated carbocycles. The second kappa shape index (κ2) is 8.17. The van der Waals surface area contributed by atoms with E-state index < -0.39 is 6.61 Å². The zero-order chi connectivity index (χ0) is 12.5. The highest BCUT2D eigenvalue weighted by atomic mass is 32.2. The summed E-state index contributed by atoms with van der Waals surface area (Å²) >= 11 is 1.91. The van der Waals surface area contributed by atoms with Crippen LogP contribution in [0.15, 0.2) is 24.3 Å². The maximum absolute atomic E-state index is 11.9. The van der Waals surface area contributed by atoms with Crippen molar-refractivity contribution in [3.8, 4) is 5.75 Å². The van der Waals surface area contributed by atoms with Crippen LogP contribution >= 0.6 is 11.8 Å². The molecule has 0 heterocycles. The molecular formula is C12H17F2NOS. The third-order valence-corrected chi connectivity index (χ3v) is 3.06. The predicted octanol–water partition coefficient (Wildman–Crippen LogP) is 3.84. The molecule has 0 amide bonds. The van der Waals surface area contributed by atoms with Crippen LogP contribution in [0.2, 0.25) is 0 Å². The van der Waals surface area contributed by atoms with Crippen molar-refractivity contribution >= 4 is 17.4 Å². The van der Waals surface area contributed by atoms with Gasteiger partial charge < -0.3 is 10.1 Å². The molecule has 17 heavy (non-hydrogen) atoms. The van der Waals surface area contributed by atoms with Crippen LogP contribution < -0.4 is 10.1 Å². The first kappa shape index (κ1) is 14.1. The van der Waals surface area contributed by atoms with E-state index in [0.717, 1.165) is 30.2 Å². The Hall–Kier alpha value is -0.970. The van der Waals surface area contributed by atoms with Gasteiger partial charge in [-0.05, 0) is 42.2 Å². The van der Waals surface area contributed by atoms with Crippen LogP contribution in [0.5, 0.6) is 5.75 Å². The molecule has 0 bridgehead atoms. The Morgan fingerprint density at radius 1 is 1.29 bits per heavy atom. The van der Waals surface area contributed by atoms with Crippen molar-refractivity contribution in [2.45, 2.75) is 20.0 Å². The Labute approximate surface area is 105 Å². The van der Waals surface area contributed by atoms with Crippen LogP contribution in [0.25, 0.3) is 0 Å². The molecule has 0 aliphatic carbocycles. The Morgan fingerprint density at radius 3 is 2.59 bits per heavy atom. The van der Waals surface area contributed by atoms with Gasteiger partial charge in [0.15, 0.2) is 0 Å². The molecule has 0 atom stereocenters. The lowest BCUT2D eigenvalue weighted by Crippen LogP contribution is -2.04. The number of nitrogens with one attached hydrogen (secondary N) is 1. The van der Waals surface area contributed by atoms with Crippen LogP contribution in [-0.4, -0.2) is 24.7 Å². The lowest BCUT2D eigenvalue weighted by molar-refractivity contribution is -0.0498. The van der Waals surface area contributed by atoms with Crippen LogP contribution in [0.1, 0.15) is 13.3 Å². The SMILES string of the molecule is CCSCCCNc1ccc(OC(F)F)cc1. The van der Waals surface area contributed by atoms with Gasteiger partial charge in [0.25, 0.3) is 0 Å². The maximum atomic E-state index is 11.9. The van der Waals surface area contributed by atoms with Crippen molar-refractivity contribution in [3.63, 3.8) is 0 Å². The van der Waals surface area contributed by atoms with Gasteiger partial charge in [-0.2, -0.15) is 20.5 Å². The van der Waals surface area contributed by atoms with Crippen molar-refractivity contribution in [2.75, 3.05) is 23.4 Å². The molecule has 0 fully saturated rings. The zero-order valence-electron chi connectivity index (χ0n) is 9.79. The molecule has 0 radical (unpaired) electrons. The third-order valence-electron chi connectivity index (χ3n) is 2.08. The van der Waals surface area contributed by atoms with Gasteiger partial charge in [0.2, 0.25) is 0 Å². The van der Waals surface area contributed by atoms with Gasteiger partial charge in [0.05, 0.1) is 0 Å². The molecule has 96 valence electrons. The lowest BCUT2D eigenvalue weighted by Gasteiger charge is -2.08. The summed E-state index contributed by atoms with van der Waals surface area (Å²) in [7, 11) is 0. The first-order valence-corrected chi connectivity index (χ1v) is 6.74. The fourth-order valence-electron chi connectivity index (χ4n) is 1.31. The van der Waals surface area contributed by atoms with E-state index in [0.29, 0.717) is 0 Å². The molecule has 0 spiro atoms. The molecule has 1 rings (SSSR count). The van der Waals surface area contributed by atoms with Crippen LogP contribution in [0.3, 0.4) is 0 Å².